The Bertz CT molecular complexity index is 851. The molecule has 1 aromatic heterocycles. The van der Waals surface area contributed by atoms with Crippen LogP contribution in [-0.2, 0) is 12.2 Å². The quantitative estimate of drug-likeness (QED) is 0.590. The van der Waals surface area contributed by atoms with E-state index >= 15 is 0 Å². The number of nitrogens with zero attached hydrogens (tertiary/aromatic N) is 2. The normalized spacial score (nSPS) is 10.9. The molecule has 3 aromatic rings. The SMILES string of the molecule is COc1ccccc1Cc1nnc(SCc2c(C)cc(C)cc2C)o1. The van der Waals surface area contributed by atoms with E-state index in [9.17, 15) is 0 Å². The standard InChI is InChI=1S/C20H22N2O2S/c1-13-9-14(2)17(15(3)10-13)12-25-20-22-21-19(24-20)11-16-7-5-6-8-18(16)23-4/h5-10H,11-12H2,1-4H3. The van der Waals surface area contributed by atoms with Crippen molar-refractivity contribution in [2.24, 2.45) is 0 Å². The Morgan fingerprint density at radius 1 is 1.04 bits per heavy atom. The molecule has 0 saturated heterocycles. The molecule has 0 atom stereocenters. The number of methoxy groups -OCH3 is 1. The summed E-state index contributed by atoms with van der Waals surface area (Å²) in [5, 5.41) is 8.93. The lowest BCUT2D eigenvalue weighted by molar-refractivity contribution is 0.400. The molecule has 2 aromatic carbocycles. The highest BCUT2D eigenvalue weighted by Gasteiger charge is 2.12. The van der Waals surface area contributed by atoms with Gasteiger partial charge in [0.05, 0.1) is 13.5 Å². The third kappa shape index (κ3) is 4.23. The fourth-order valence-corrected chi connectivity index (χ4v) is 3.93. The third-order valence-corrected chi connectivity index (χ3v) is 5.01. The first kappa shape index (κ1) is 17.5. The Kier molecular flexibility index (Phi) is 5.43. The van der Waals surface area contributed by atoms with E-state index in [-0.39, 0.29) is 0 Å². The second-order valence-electron chi connectivity index (χ2n) is 6.12. The van der Waals surface area contributed by atoms with Crippen molar-refractivity contribution in [3.05, 3.63) is 70.1 Å². The molecule has 0 aliphatic rings. The van der Waals surface area contributed by atoms with Crippen LogP contribution in [0.3, 0.4) is 0 Å². The average molecular weight is 354 g/mol. The summed E-state index contributed by atoms with van der Waals surface area (Å²) >= 11 is 1.58. The summed E-state index contributed by atoms with van der Waals surface area (Å²) in [5.41, 5.74) is 6.27. The van der Waals surface area contributed by atoms with Gasteiger partial charge in [0.15, 0.2) is 0 Å². The number of aryl methyl sites for hydroxylation is 3. The molecule has 130 valence electrons. The molecule has 4 nitrogen and oxygen atoms in total. The van der Waals surface area contributed by atoms with Gasteiger partial charge < -0.3 is 9.15 Å². The number of ether oxygens (including phenoxy) is 1. The largest absolute Gasteiger partial charge is 0.496 e. The van der Waals surface area contributed by atoms with Gasteiger partial charge in [0, 0.05) is 11.3 Å². The van der Waals surface area contributed by atoms with Crippen LogP contribution >= 0.6 is 11.8 Å². The number of hydrogen-bond donors (Lipinski definition) is 0. The smallest absolute Gasteiger partial charge is 0.276 e. The first-order valence-electron chi connectivity index (χ1n) is 8.20. The van der Waals surface area contributed by atoms with Gasteiger partial charge in [0.1, 0.15) is 5.75 Å². The van der Waals surface area contributed by atoms with Gasteiger partial charge in [-0.05, 0) is 43.5 Å². The lowest BCUT2D eigenvalue weighted by Gasteiger charge is -2.09. The number of thioether (sulfide) groups is 1. The predicted octanol–water partition coefficient (Wildman–Crippen LogP) is 4.89. The van der Waals surface area contributed by atoms with Gasteiger partial charge in [0.25, 0.3) is 5.22 Å². The van der Waals surface area contributed by atoms with Crippen LogP contribution < -0.4 is 4.74 Å². The fraction of sp³-hybridized carbons (Fsp3) is 0.300. The Balaban J connectivity index is 1.68. The molecule has 0 spiro atoms. The van der Waals surface area contributed by atoms with Crippen molar-refractivity contribution in [2.75, 3.05) is 7.11 Å². The van der Waals surface area contributed by atoms with Gasteiger partial charge in [-0.3, -0.25) is 0 Å². The van der Waals surface area contributed by atoms with Crippen LogP contribution in [0.4, 0.5) is 0 Å². The van der Waals surface area contributed by atoms with Crippen LogP contribution in [0.25, 0.3) is 0 Å². The fourth-order valence-electron chi connectivity index (χ4n) is 2.95. The van der Waals surface area contributed by atoms with E-state index in [1.165, 1.54) is 22.3 Å². The van der Waals surface area contributed by atoms with Crippen molar-refractivity contribution in [1.82, 2.24) is 10.2 Å². The molecule has 3 rings (SSSR count). The van der Waals surface area contributed by atoms with Crippen LogP contribution in [0.5, 0.6) is 5.75 Å². The molecule has 0 N–H and O–H groups in total. The summed E-state index contributed by atoms with van der Waals surface area (Å²) in [6, 6.07) is 12.3. The molecule has 0 fully saturated rings. The number of rotatable bonds is 6. The van der Waals surface area contributed by atoms with Crippen LogP contribution in [0.15, 0.2) is 46.0 Å². The maximum Gasteiger partial charge on any atom is 0.276 e. The summed E-state index contributed by atoms with van der Waals surface area (Å²) in [5.74, 6) is 2.26. The highest BCUT2D eigenvalue weighted by Crippen LogP contribution is 2.27. The summed E-state index contributed by atoms with van der Waals surface area (Å²) in [7, 11) is 1.67. The van der Waals surface area contributed by atoms with Crippen molar-refractivity contribution in [1.29, 1.82) is 0 Å². The monoisotopic (exact) mass is 354 g/mol. The molecule has 1 heterocycles. The van der Waals surface area contributed by atoms with Gasteiger partial charge in [0.2, 0.25) is 5.89 Å². The van der Waals surface area contributed by atoms with Gasteiger partial charge in [-0.15, -0.1) is 10.2 Å². The number of para-hydroxylation sites is 1. The van der Waals surface area contributed by atoms with E-state index in [2.05, 4.69) is 43.1 Å². The minimum absolute atomic E-state index is 0.570. The van der Waals surface area contributed by atoms with Crippen LogP contribution in [-0.4, -0.2) is 17.3 Å². The average Bonchev–Trinajstić information content (AvgIpc) is 3.02. The molecule has 0 saturated carbocycles. The summed E-state index contributed by atoms with van der Waals surface area (Å²) in [4.78, 5) is 0. The summed E-state index contributed by atoms with van der Waals surface area (Å²) < 4.78 is 11.2. The second-order valence-corrected chi connectivity index (χ2v) is 7.04. The zero-order valence-corrected chi connectivity index (χ0v) is 15.8. The van der Waals surface area contributed by atoms with Crippen molar-refractivity contribution in [2.45, 2.75) is 38.2 Å². The topological polar surface area (TPSA) is 48.2 Å². The van der Waals surface area contributed by atoms with Crippen molar-refractivity contribution in [3.63, 3.8) is 0 Å². The van der Waals surface area contributed by atoms with E-state index in [1.54, 1.807) is 18.9 Å². The Morgan fingerprint density at radius 2 is 1.76 bits per heavy atom. The van der Waals surface area contributed by atoms with E-state index < -0.39 is 0 Å². The number of benzene rings is 2. The Morgan fingerprint density at radius 3 is 2.48 bits per heavy atom. The van der Waals surface area contributed by atoms with Crippen molar-refractivity contribution in [3.8, 4) is 5.75 Å². The maximum absolute atomic E-state index is 5.80. The van der Waals surface area contributed by atoms with Crippen LogP contribution in [0.2, 0.25) is 0 Å². The molecule has 0 aliphatic heterocycles. The minimum Gasteiger partial charge on any atom is -0.496 e. The van der Waals surface area contributed by atoms with E-state index in [4.69, 9.17) is 9.15 Å². The highest BCUT2D eigenvalue weighted by molar-refractivity contribution is 7.98. The Labute approximate surface area is 152 Å². The van der Waals surface area contributed by atoms with Gasteiger partial charge in [-0.25, -0.2) is 0 Å². The molecule has 0 radical (unpaired) electrons. The first-order chi connectivity index (χ1) is 12.1. The van der Waals surface area contributed by atoms with E-state index in [1.807, 2.05) is 24.3 Å². The molecule has 0 aliphatic carbocycles. The summed E-state index contributed by atoms with van der Waals surface area (Å²) in [6.45, 7) is 6.42. The van der Waals surface area contributed by atoms with Crippen LogP contribution in [0.1, 0.15) is 33.7 Å². The molecule has 5 heteroatoms. The maximum atomic E-state index is 5.80. The molecular weight excluding hydrogens is 332 g/mol. The number of hydrogen-bond acceptors (Lipinski definition) is 5. The predicted molar refractivity (Wildman–Crippen MR) is 100 cm³/mol. The molecule has 0 unspecified atom stereocenters. The second kappa shape index (κ2) is 7.74. The molecule has 0 amide bonds. The van der Waals surface area contributed by atoms with Crippen LogP contribution in [0, 0.1) is 20.8 Å². The third-order valence-electron chi connectivity index (χ3n) is 4.16. The van der Waals surface area contributed by atoms with Gasteiger partial charge in [-0.1, -0.05) is 47.7 Å². The highest BCUT2D eigenvalue weighted by atomic mass is 32.2. The molecule has 0 bridgehead atoms. The first-order valence-corrected chi connectivity index (χ1v) is 9.19. The Hall–Kier alpha value is -2.27. The summed E-state index contributed by atoms with van der Waals surface area (Å²) in [6.07, 6.45) is 0.570. The van der Waals surface area contributed by atoms with Gasteiger partial charge >= 0.3 is 0 Å². The van der Waals surface area contributed by atoms with Gasteiger partial charge in [-0.2, -0.15) is 0 Å². The zero-order chi connectivity index (χ0) is 17.8. The molecule has 25 heavy (non-hydrogen) atoms. The van der Waals surface area contributed by atoms with E-state index in [0.717, 1.165) is 17.1 Å². The lowest BCUT2D eigenvalue weighted by atomic mass is 10.0. The van der Waals surface area contributed by atoms with Crippen molar-refractivity contribution < 1.29 is 9.15 Å². The number of aromatic nitrogens is 2. The van der Waals surface area contributed by atoms with E-state index in [0.29, 0.717) is 17.5 Å². The minimum atomic E-state index is 0.570. The lowest BCUT2D eigenvalue weighted by Crippen LogP contribution is -1.93. The zero-order valence-electron chi connectivity index (χ0n) is 15.0. The molecular formula is C20H22N2O2S. The van der Waals surface area contributed by atoms with Crippen molar-refractivity contribution >= 4 is 11.8 Å².